The molecule has 0 aromatic heterocycles. The lowest BCUT2D eigenvalue weighted by Gasteiger charge is -2.33. The first-order valence-electron chi connectivity index (χ1n) is 8.60. The molecule has 2 spiro atoms. The van der Waals surface area contributed by atoms with Crippen LogP contribution in [0.2, 0.25) is 0 Å². The molecular formula is C18H28O4. The van der Waals surface area contributed by atoms with Gasteiger partial charge in [-0.05, 0) is 26.7 Å². The lowest BCUT2D eigenvalue weighted by atomic mass is 10.0. The Bertz CT molecular complexity index is 438. The number of ether oxygens (including phenoxy) is 4. The van der Waals surface area contributed by atoms with Crippen LogP contribution in [0.1, 0.15) is 65.2 Å². The van der Waals surface area contributed by atoms with E-state index >= 15 is 0 Å². The fraction of sp³-hybridized carbons (Fsp3) is 0.778. The molecule has 0 aromatic rings. The first-order valence-corrected chi connectivity index (χ1v) is 8.60. The zero-order valence-corrected chi connectivity index (χ0v) is 13.8. The van der Waals surface area contributed by atoms with Gasteiger partial charge < -0.3 is 18.9 Å². The largest absolute Gasteiger partial charge is 0.470 e. The van der Waals surface area contributed by atoms with Gasteiger partial charge in [0.25, 0.3) is 0 Å². The summed E-state index contributed by atoms with van der Waals surface area (Å²) < 4.78 is 24.6. The summed E-state index contributed by atoms with van der Waals surface area (Å²) in [5.41, 5.74) is 0. The van der Waals surface area contributed by atoms with Crippen LogP contribution in [-0.4, -0.2) is 24.0 Å². The fourth-order valence-electron chi connectivity index (χ4n) is 3.82. The van der Waals surface area contributed by atoms with Gasteiger partial charge in [0.2, 0.25) is 5.79 Å². The molecule has 0 N–H and O–H groups in total. The highest BCUT2D eigenvalue weighted by atomic mass is 16.8. The molecular weight excluding hydrogens is 280 g/mol. The molecule has 0 aliphatic carbocycles. The van der Waals surface area contributed by atoms with Crippen molar-refractivity contribution in [2.45, 2.75) is 82.6 Å². The minimum atomic E-state index is -0.559. The maximum absolute atomic E-state index is 6.42. The van der Waals surface area contributed by atoms with Crippen molar-refractivity contribution in [1.29, 1.82) is 0 Å². The van der Waals surface area contributed by atoms with E-state index in [9.17, 15) is 0 Å². The molecule has 3 aliphatic heterocycles. The van der Waals surface area contributed by atoms with Crippen molar-refractivity contribution in [2.24, 2.45) is 0 Å². The van der Waals surface area contributed by atoms with Crippen LogP contribution in [-0.2, 0) is 18.9 Å². The fourth-order valence-corrected chi connectivity index (χ4v) is 3.82. The van der Waals surface area contributed by atoms with Gasteiger partial charge in [-0.1, -0.05) is 18.2 Å². The summed E-state index contributed by atoms with van der Waals surface area (Å²) in [5, 5.41) is 0. The van der Waals surface area contributed by atoms with Crippen molar-refractivity contribution in [2.75, 3.05) is 6.61 Å². The third-order valence-corrected chi connectivity index (χ3v) is 4.93. The third kappa shape index (κ3) is 3.10. The van der Waals surface area contributed by atoms with Gasteiger partial charge in [-0.15, -0.1) is 0 Å². The minimum Gasteiger partial charge on any atom is -0.470 e. The Labute approximate surface area is 133 Å². The van der Waals surface area contributed by atoms with Crippen molar-refractivity contribution in [3.8, 4) is 0 Å². The van der Waals surface area contributed by atoms with E-state index in [4.69, 9.17) is 18.9 Å². The molecule has 3 atom stereocenters. The second kappa shape index (κ2) is 6.34. The van der Waals surface area contributed by atoms with E-state index in [2.05, 4.69) is 12.2 Å². The highest BCUT2D eigenvalue weighted by Crippen LogP contribution is 2.53. The van der Waals surface area contributed by atoms with Crippen LogP contribution in [0.5, 0.6) is 0 Å². The zero-order chi connectivity index (χ0) is 15.5. The predicted octanol–water partition coefficient (Wildman–Crippen LogP) is 4.41. The SMILES string of the molecule is C/C=C/CCC1(O/C=C/C)CCC2(CCC3(CCCO3)O2)O1. The number of allylic oxidation sites excluding steroid dienone is 3. The molecule has 22 heavy (non-hydrogen) atoms. The molecule has 0 amide bonds. The maximum Gasteiger partial charge on any atom is 0.212 e. The molecule has 3 rings (SSSR count). The summed E-state index contributed by atoms with van der Waals surface area (Å²) in [4.78, 5) is 0. The molecule has 124 valence electrons. The first-order chi connectivity index (χ1) is 10.7. The minimum absolute atomic E-state index is 0.389. The van der Waals surface area contributed by atoms with Gasteiger partial charge in [0.15, 0.2) is 11.6 Å². The summed E-state index contributed by atoms with van der Waals surface area (Å²) in [6.45, 7) is 4.80. The molecule has 4 nitrogen and oxygen atoms in total. The number of hydrogen-bond donors (Lipinski definition) is 0. The Hall–Kier alpha value is -0.840. The van der Waals surface area contributed by atoms with E-state index < -0.39 is 11.6 Å². The molecule has 4 heteroatoms. The Kier molecular flexibility index (Phi) is 4.62. The highest BCUT2D eigenvalue weighted by molar-refractivity contribution is 4.97. The Balaban J connectivity index is 1.69. The standard InChI is InChI=1S/C18H28O4/c1-3-5-6-8-16(19-14-4-2)10-12-18(21-16)13-11-17(22-18)9-7-15-20-17/h3-5,14H,6-13,15H2,1-2H3/b5-3+,14-4+. The van der Waals surface area contributed by atoms with Gasteiger partial charge in [0, 0.05) is 38.5 Å². The predicted molar refractivity (Wildman–Crippen MR) is 84.0 cm³/mol. The van der Waals surface area contributed by atoms with Crippen LogP contribution in [0.4, 0.5) is 0 Å². The molecule has 0 radical (unpaired) electrons. The van der Waals surface area contributed by atoms with Crippen molar-refractivity contribution < 1.29 is 18.9 Å². The van der Waals surface area contributed by atoms with Crippen molar-refractivity contribution in [1.82, 2.24) is 0 Å². The van der Waals surface area contributed by atoms with Gasteiger partial charge in [0.1, 0.15) is 0 Å². The lowest BCUT2D eigenvalue weighted by Crippen LogP contribution is -2.39. The zero-order valence-electron chi connectivity index (χ0n) is 13.8. The van der Waals surface area contributed by atoms with Gasteiger partial charge >= 0.3 is 0 Å². The second-order valence-electron chi connectivity index (χ2n) is 6.58. The van der Waals surface area contributed by atoms with E-state index in [1.807, 2.05) is 19.9 Å². The molecule has 0 aromatic carbocycles. The third-order valence-electron chi connectivity index (χ3n) is 4.93. The number of rotatable bonds is 5. The Morgan fingerprint density at radius 2 is 1.77 bits per heavy atom. The first kappa shape index (κ1) is 16.0. The van der Waals surface area contributed by atoms with Crippen LogP contribution >= 0.6 is 0 Å². The highest BCUT2D eigenvalue weighted by Gasteiger charge is 2.59. The van der Waals surface area contributed by atoms with E-state index in [1.165, 1.54) is 0 Å². The molecule has 0 bridgehead atoms. The summed E-state index contributed by atoms with van der Waals surface area (Å²) in [6.07, 6.45) is 15.3. The topological polar surface area (TPSA) is 36.9 Å². The summed E-state index contributed by atoms with van der Waals surface area (Å²) in [7, 11) is 0. The van der Waals surface area contributed by atoms with Gasteiger partial charge in [0.05, 0.1) is 12.9 Å². The van der Waals surface area contributed by atoms with Gasteiger partial charge in [-0.3, -0.25) is 0 Å². The summed E-state index contributed by atoms with van der Waals surface area (Å²) in [5.74, 6) is -1.46. The molecule has 3 heterocycles. The van der Waals surface area contributed by atoms with Crippen LogP contribution < -0.4 is 0 Å². The average Bonchev–Trinajstić information content (AvgIpc) is 3.21. The normalized spacial score (nSPS) is 41.7. The van der Waals surface area contributed by atoms with Crippen LogP contribution in [0.25, 0.3) is 0 Å². The monoisotopic (exact) mass is 308 g/mol. The molecule has 3 unspecified atom stereocenters. The van der Waals surface area contributed by atoms with Gasteiger partial charge in [-0.25, -0.2) is 0 Å². The number of hydrogen-bond acceptors (Lipinski definition) is 4. The van der Waals surface area contributed by atoms with Crippen LogP contribution in [0.3, 0.4) is 0 Å². The van der Waals surface area contributed by atoms with Crippen LogP contribution in [0, 0.1) is 0 Å². The molecule has 3 fully saturated rings. The lowest BCUT2D eigenvalue weighted by molar-refractivity contribution is -0.343. The van der Waals surface area contributed by atoms with Crippen molar-refractivity contribution >= 4 is 0 Å². The molecule has 3 aliphatic rings. The smallest absolute Gasteiger partial charge is 0.212 e. The van der Waals surface area contributed by atoms with Gasteiger partial charge in [-0.2, -0.15) is 0 Å². The van der Waals surface area contributed by atoms with E-state index in [1.54, 1.807) is 6.26 Å². The Morgan fingerprint density at radius 1 is 0.955 bits per heavy atom. The van der Waals surface area contributed by atoms with E-state index in [0.717, 1.165) is 58.0 Å². The second-order valence-corrected chi connectivity index (χ2v) is 6.58. The van der Waals surface area contributed by atoms with Crippen molar-refractivity contribution in [3.63, 3.8) is 0 Å². The average molecular weight is 308 g/mol. The Morgan fingerprint density at radius 3 is 2.50 bits per heavy atom. The van der Waals surface area contributed by atoms with Crippen molar-refractivity contribution in [3.05, 3.63) is 24.5 Å². The summed E-state index contributed by atoms with van der Waals surface area (Å²) >= 11 is 0. The quantitative estimate of drug-likeness (QED) is 0.557. The maximum atomic E-state index is 6.42. The molecule has 3 saturated heterocycles. The van der Waals surface area contributed by atoms with Crippen LogP contribution in [0.15, 0.2) is 24.5 Å². The van der Waals surface area contributed by atoms with E-state index in [0.29, 0.717) is 0 Å². The summed E-state index contributed by atoms with van der Waals surface area (Å²) in [6, 6.07) is 0. The molecule has 0 saturated carbocycles. The van der Waals surface area contributed by atoms with E-state index in [-0.39, 0.29) is 5.79 Å².